The summed E-state index contributed by atoms with van der Waals surface area (Å²) in [5.41, 5.74) is 1.35. The summed E-state index contributed by atoms with van der Waals surface area (Å²) in [5, 5.41) is 9.89. The first-order chi connectivity index (χ1) is 9.11. The van der Waals surface area contributed by atoms with Gasteiger partial charge in [0, 0.05) is 19.0 Å². The van der Waals surface area contributed by atoms with Crippen LogP contribution >= 0.6 is 11.6 Å². The maximum Gasteiger partial charge on any atom is 0.257 e. The fraction of sp³-hybridized carbons (Fsp3) is 0.533. The third-order valence-corrected chi connectivity index (χ3v) is 3.93. The number of rotatable bonds is 3. The second kappa shape index (κ2) is 6.29. The second-order valence-corrected chi connectivity index (χ2v) is 5.64. The number of phenols is 1. The lowest BCUT2D eigenvalue weighted by molar-refractivity contribution is 0.0668. The Morgan fingerprint density at radius 1 is 1.53 bits per heavy atom. The van der Waals surface area contributed by atoms with Crippen molar-refractivity contribution in [2.45, 2.75) is 26.2 Å². The van der Waals surface area contributed by atoms with Crippen molar-refractivity contribution in [2.75, 3.05) is 19.0 Å². The molecule has 1 aromatic carbocycles. The van der Waals surface area contributed by atoms with Crippen molar-refractivity contribution in [3.8, 4) is 5.75 Å². The van der Waals surface area contributed by atoms with E-state index in [1.807, 2.05) is 17.9 Å². The van der Waals surface area contributed by atoms with Gasteiger partial charge in [-0.1, -0.05) is 6.07 Å². The lowest BCUT2D eigenvalue weighted by Crippen LogP contribution is -2.40. The van der Waals surface area contributed by atoms with E-state index in [-0.39, 0.29) is 11.7 Å². The highest BCUT2D eigenvalue weighted by molar-refractivity contribution is 6.17. The summed E-state index contributed by atoms with van der Waals surface area (Å²) in [6, 6.07) is 5.19. The van der Waals surface area contributed by atoms with E-state index in [1.165, 1.54) is 0 Å². The molecular formula is C15H20ClNO2. The smallest absolute Gasteiger partial charge is 0.257 e. The number of amides is 1. The molecule has 1 N–H and O–H groups in total. The summed E-state index contributed by atoms with van der Waals surface area (Å²) < 4.78 is 0. The van der Waals surface area contributed by atoms with E-state index in [4.69, 9.17) is 11.6 Å². The summed E-state index contributed by atoms with van der Waals surface area (Å²) in [4.78, 5) is 14.3. The van der Waals surface area contributed by atoms with E-state index in [9.17, 15) is 9.90 Å². The maximum atomic E-state index is 12.4. The van der Waals surface area contributed by atoms with E-state index >= 15 is 0 Å². The monoisotopic (exact) mass is 281 g/mol. The molecule has 1 aliphatic rings. The van der Waals surface area contributed by atoms with Gasteiger partial charge in [0.25, 0.3) is 5.91 Å². The molecule has 1 heterocycles. The second-order valence-electron chi connectivity index (χ2n) is 5.26. The molecule has 1 aliphatic heterocycles. The zero-order valence-electron chi connectivity index (χ0n) is 11.2. The van der Waals surface area contributed by atoms with Gasteiger partial charge in [-0.05, 0) is 49.8 Å². The van der Waals surface area contributed by atoms with Crippen molar-refractivity contribution in [1.82, 2.24) is 4.90 Å². The number of piperidine rings is 1. The van der Waals surface area contributed by atoms with E-state index in [1.54, 1.807) is 12.1 Å². The lowest BCUT2D eigenvalue weighted by Gasteiger charge is -2.32. The van der Waals surface area contributed by atoms with E-state index in [0.717, 1.165) is 37.9 Å². The molecule has 1 atom stereocenters. The molecule has 0 saturated carbocycles. The van der Waals surface area contributed by atoms with Crippen molar-refractivity contribution >= 4 is 17.5 Å². The molecule has 0 aliphatic carbocycles. The van der Waals surface area contributed by atoms with Crippen LogP contribution in [0.4, 0.5) is 0 Å². The predicted molar refractivity (Wildman–Crippen MR) is 76.8 cm³/mol. The van der Waals surface area contributed by atoms with Crippen molar-refractivity contribution in [1.29, 1.82) is 0 Å². The topological polar surface area (TPSA) is 40.5 Å². The lowest BCUT2D eigenvalue weighted by atomic mass is 9.95. The third-order valence-electron chi connectivity index (χ3n) is 3.71. The number of aromatic hydroxyl groups is 1. The van der Waals surface area contributed by atoms with Crippen LogP contribution in [0.1, 0.15) is 35.2 Å². The van der Waals surface area contributed by atoms with Crippen LogP contribution in [0.25, 0.3) is 0 Å². The molecule has 4 heteroatoms. The Morgan fingerprint density at radius 3 is 3.00 bits per heavy atom. The number of phenolic OH excluding ortho intramolecular Hbond substituents is 1. The first-order valence-corrected chi connectivity index (χ1v) is 7.30. The largest absolute Gasteiger partial charge is 0.507 e. The Bertz CT molecular complexity index is 459. The summed E-state index contributed by atoms with van der Waals surface area (Å²) in [5.74, 6) is 1.13. The van der Waals surface area contributed by atoms with Gasteiger partial charge >= 0.3 is 0 Å². The summed E-state index contributed by atoms with van der Waals surface area (Å²) in [7, 11) is 0. The van der Waals surface area contributed by atoms with Crippen LogP contribution < -0.4 is 0 Å². The van der Waals surface area contributed by atoms with Crippen LogP contribution in [0, 0.1) is 12.8 Å². The van der Waals surface area contributed by atoms with Gasteiger partial charge in [0.15, 0.2) is 0 Å². The SMILES string of the molecule is Cc1ccc(C(=O)N2CCCC(CCCl)C2)c(O)c1. The van der Waals surface area contributed by atoms with Gasteiger partial charge in [-0.25, -0.2) is 0 Å². The van der Waals surface area contributed by atoms with E-state index in [0.29, 0.717) is 17.4 Å². The van der Waals surface area contributed by atoms with Crippen LogP contribution in [0.5, 0.6) is 5.75 Å². The highest BCUT2D eigenvalue weighted by Crippen LogP contribution is 2.25. The minimum atomic E-state index is -0.0724. The van der Waals surface area contributed by atoms with Gasteiger partial charge in [0.05, 0.1) is 5.56 Å². The maximum absolute atomic E-state index is 12.4. The number of likely N-dealkylation sites (tertiary alicyclic amines) is 1. The van der Waals surface area contributed by atoms with Crippen molar-refractivity contribution in [3.05, 3.63) is 29.3 Å². The molecule has 104 valence electrons. The molecule has 0 bridgehead atoms. The third kappa shape index (κ3) is 3.41. The highest BCUT2D eigenvalue weighted by Gasteiger charge is 2.25. The van der Waals surface area contributed by atoms with Crippen LogP contribution in [-0.2, 0) is 0 Å². The number of aryl methyl sites for hydroxylation is 1. The zero-order valence-corrected chi connectivity index (χ0v) is 12.0. The molecule has 3 nitrogen and oxygen atoms in total. The molecule has 19 heavy (non-hydrogen) atoms. The Morgan fingerprint density at radius 2 is 2.32 bits per heavy atom. The quantitative estimate of drug-likeness (QED) is 0.865. The van der Waals surface area contributed by atoms with Crippen LogP contribution in [0.3, 0.4) is 0 Å². The fourth-order valence-electron chi connectivity index (χ4n) is 2.63. The normalized spacial score (nSPS) is 19.5. The zero-order chi connectivity index (χ0) is 13.8. The van der Waals surface area contributed by atoms with Crippen LogP contribution in [0.2, 0.25) is 0 Å². The average Bonchev–Trinajstić information content (AvgIpc) is 2.39. The molecule has 1 fully saturated rings. The summed E-state index contributed by atoms with van der Waals surface area (Å²) >= 11 is 5.78. The minimum absolute atomic E-state index is 0.0724. The van der Waals surface area contributed by atoms with E-state index < -0.39 is 0 Å². The number of carbonyl (C=O) groups is 1. The van der Waals surface area contributed by atoms with Gasteiger partial charge < -0.3 is 10.0 Å². The van der Waals surface area contributed by atoms with Gasteiger partial charge in [-0.2, -0.15) is 0 Å². The standard InChI is InChI=1S/C15H20ClNO2/c1-11-4-5-13(14(18)9-11)15(19)17-8-2-3-12(10-17)6-7-16/h4-5,9,12,18H,2-3,6-8,10H2,1H3. The number of alkyl halides is 1. The minimum Gasteiger partial charge on any atom is -0.507 e. The first kappa shape index (κ1) is 14.2. The average molecular weight is 282 g/mol. The first-order valence-electron chi connectivity index (χ1n) is 6.76. The van der Waals surface area contributed by atoms with Gasteiger partial charge in [-0.3, -0.25) is 4.79 Å². The molecule has 0 spiro atoms. The number of halogens is 1. The fourth-order valence-corrected chi connectivity index (χ4v) is 2.94. The molecule has 0 aromatic heterocycles. The van der Waals surface area contributed by atoms with E-state index in [2.05, 4.69) is 0 Å². The number of carbonyl (C=O) groups excluding carboxylic acids is 1. The summed E-state index contributed by atoms with van der Waals surface area (Å²) in [6.07, 6.45) is 3.10. The Hall–Kier alpha value is -1.22. The van der Waals surface area contributed by atoms with Crippen molar-refractivity contribution in [3.63, 3.8) is 0 Å². The molecule has 1 unspecified atom stereocenters. The summed E-state index contributed by atoms with van der Waals surface area (Å²) in [6.45, 7) is 3.41. The number of benzene rings is 1. The van der Waals surface area contributed by atoms with Gasteiger partial charge in [-0.15, -0.1) is 11.6 Å². The van der Waals surface area contributed by atoms with Crippen molar-refractivity contribution in [2.24, 2.45) is 5.92 Å². The van der Waals surface area contributed by atoms with Gasteiger partial charge in [0.1, 0.15) is 5.75 Å². The van der Waals surface area contributed by atoms with Gasteiger partial charge in [0.2, 0.25) is 0 Å². The van der Waals surface area contributed by atoms with Crippen LogP contribution in [0.15, 0.2) is 18.2 Å². The molecule has 1 aromatic rings. The van der Waals surface area contributed by atoms with Crippen molar-refractivity contribution < 1.29 is 9.90 Å². The molecule has 2 rings (SSSR count). The Labute approximate surface area is 119 Å². The Balaban J connectivity index is 2.10. The molecule has 1 saturated heterocycles. The molecule has 0 radical (unpaired) electrons. The molecule has 1 amide bonds. The molecular weight excluding hydrogens is 262 g/mol. The highest BCUT2D eigenvalue weighted by atomic mass is 35.5. The number of hydrogen-bond donors (Lipinski definition) is 1. The van der Waals surface area contributed by atoms with Crippen LogP contribution in [-0.4, -0.2) is 34.9 Å². The predicted octanol–water partition coefficient (Wildman–Crippen LogP) is 3.18. The Kier molecular flexibility index (Phi) is 4.70. The number of hydrogen-bond acceptors (Lipinski definition) is 2. The number of nitrogens with zero attached hydrogens (tertiary/aromatic N) is 1.